The molecule has 1 aliphatic rings. The molecule has 0 radical (unpaired) electrons. The third-order valence-electron chi connectivity index (χ3n) is 5.37. The maximum Gasteiger partial charge on any atom is 0.267 e. The number of aromatic nitrogens is 2. The molecular formula is C22H21FN2O3S. The van der Waals surface area contributed by atoms with Gasteiger partial charge in [-0.15, -0.1) is 0 Å². The Bertz CT molecular complexity index is 1200. The van der Waals surface area contributed by atoms with Crippen molar-refractivity contribution < 1.29 is 12.8 Å². The van der Waals surface area contributed by atoms with E-state index in [-0.39, 0.29) is 16.3 Å². The van der Waals surface area contributed by atoms with E-state index in [4.69, 9.17) is 0 Å². The van der Waals surface area contributed by atoms with Crippen LogP contribution in [0.4, 0.5) is 4.39 Å². The quantitative estimate of drug-likeness (QED) is 0.637. The lowest BCUT2D eigenvalue weighted by molar-refractivity contribution is 0.262. The molecule has 29 heavy (non-hydrogen) atoms. The first-order chi connectivity index (χ1) is 13.8. The third kappa shape index (κ3) is 4.15. The average molecular weight is 412 g/mol. The van der Waals surface area contributed by atoms with E-state index in [1.165, 1.54) is 41.4 Å². The van der Waals surface area contributed by atoms with Gasteiger partial charge in [-0.05, 0) is 60.7 Å². The molecule has 4 rings (SSSR count). The smallest absolute Gasteiger partial charge is 0.267 e. The van der Waals surface area contributed by atoms with Crippen LogP contribution in [0.5, 0.6) is 0 Å². The van der Waals surface area contributed by atoms with Crippen molar-refractivity contribution in [2.75, 3.05) is 6.26 Å². The normalized spacial score (nSPS) is 14.6. The van der Waals surface area contributed by atoms with Crippen LogP contribution in [0.1, 0.15) is 19.3 Å². The summed E-state index contributed by atoms with van der Waals surface area (Å²) in [4.78, 5) is 12.9. The zero-order valence-corrected chi connectivity index (χ0v) is 16.8. The lowest BCUT2D eigenvalue weighted by atomic mass is 9.85. The molecule has 7 heteroatoms. The number of rotatable bonds is 5. The molecule has 150 valence electrons. The van der Waals surface area contributed by atoms with Gasteiger partial charge < -0.3 is 0 Å². The van der Waals surface area contributed by atoms with Crippen molar-refractivity contribution in [1.82, 2.24) is 9.78 Å². The molecule has 1 saturated carbocycles. The monoisotopic (exact) mass is 412 g/mol. The molecule has 1 heterocycles. The predicted octanol–water partition coefficient (Wildman–Crippen LogP) is 3.92. The zero-order valence-electron chi connectivity index (χ0n) is 16.0. The maximum atomic E-state index is 13.4. The Balaban J connectivity index is 1.84. The van der Waals surface area contributed by atoms with Gasteiger partial charge in [0, 0.05) is 30.0 Å². The fraction of sp³-hybridized carbons (Fsp3) is 0.273. The lowest BCUT2D eigenvalue weighted by Gasteiger charge is -2.25. The summed E-state index contributed by atoms with van der Waals surface area (Å²) in [6, 6.07) is 13.8. The minimum atomic E-state index is -3.32. The fourth-order valence-electron chi connectivity index (χ4n) is 3.46. The summed E-state index contributed by atoms with van der Waals surface area (Å²) in [6.45, 7) is 0.570. The maximum absolute atomic E-state index is 13.4. The number of benzene rings is 2. The molecule has 1 aliphatic carbocycles. The highest BCUT2D eigenvalue weighted by Gasteiger charge is 2.21. The molecule has 1 aromatic heterocycles. The molecule has 0 spiro atoms. The molecule has 0 bridgehead atoms. The molecular weight excluding hydrogens is 391 g/mol. The van der Waals surface area contributed by atoms with Crippen molar-refractivity contribution >= 4 is 9.84 Å². The second-order valence-corrected chi connectivity index (χ2v) is 9.54. The Labute approximate surface area is 168 Å². The second kappa shape index (κ2) is 7.55. The summed E-state index contributed by atoms with van der Waals surface area (Å²) < 4.78 is 38.4. The lowest BCUT2D eigenvalue weighted by Crippen LogP contribution is -2.29. The van der Waals surface area contributed by atoms with E-state index in [0.717, 1.165) is 19.1 Å². The Hall–Kier alpha value is -2.80. The molecule has 2 aromatic carbocycles. The fourth-order valence-corrected chi connectivity index (χ4v) is 4.09. The summed E-state index contributed by atoms with van der Waals surface area (Å²) in [5.74, 6) is 0.108. The van der Waals surface area contributed by atoms with Gasteiger partial charge in [0.25, 0.3) is 5.56 Å². The zero-order chi connectivity index (χ0) is 20.6. The molecule has 0 N–H and O–H groups in total. The van der Waals surface area contributed by atoms with Crippen LogP contribution in [0, 0.1) is 11.7 Å². The number of hydrogen-bond acceptors (Lipinski definition) is 4. The van der Waals surface area contributed by atoms with E-state index in [2.05, 4.69) is 5.10 Å². The Morgan fingerprint density at radius 1 is 1.03 bits per heavy atom. The van der Waals surface area contributed by atoms with Crippen molar-refractivity contribution in [2.24, 2.45) is 5.92 Å². The van der Waals surface area contributed by atoms with Crippen LogP contribution in [0.15, 0.2) is 64.3 Å². The average Bonchev–Trinajstić information content (AvgIpc) is 2.65. The number of hydrogen-bond donors (Lipinski definition) is 0. The van der Waals surface area contributed by atoms with Gasteiger partial charge in [0.1, 0.15) is 5.82 Å². The summed E-state index contributed by atoms with van der Waals surface area (Å²) in [7, 11) is -3.32. The van der Waals surface area contributed by atoms with Crippen LogP contribution >= 0.6 is 0 Å². The number of sulfone groups is 1. The van der Waals surface area contributed by atoms with Gasteiger partial charge in [0.2, 0.25) is 0 Å². The van der Waals surface area contributed by atoms with Gasteiger partial charge in [-0.3, -0.25) is 4.79 Å². The van der Waals surface area contributed by atoms with Gasteiger partial charge in [-0.1, -0.05) is 18.6 Å². The van der Waals surface area contributed by atoms with Gasteiger partial charge in [0.05, 0.1) is 10.6 Å². The highest BCUT2D eigenvalue weighted by atomic mass is 32.2. The van der Waals surface area contributed by atoms with Crippen LogP contribution < -0.4 is 5.56 Å². The Morgan fingerprint density at radius 2 is 1.66 bits per heavy atom. The molecule has 5 nitrogen and oxygen atoms in total. The minimum absolute atomic E-state index is 0.204. The predicted molar refractivity (Wildman–Crippen MR) is 110 cm³/mol. The van der Waals surface area contributed by atoms with E-state index in [1.807, 2.05) is 0 Å². The summed E-state index contributed by atoms with van der Waals surface area (Å²) >= 11 is 0. The Kier molecular flexibility index (Phi) is 5.08. The first-order valence-electron chi connectivity index (χ1n) is 9.50. The first-order valence-corrected chi connectivity index (χ1v) is 11.4. The topological polar surface area (TPSA) is 69.0 Å². The molecule has 0 aliphatic heterocycles. The molecule has 0 amide bonds. The molecule has 0 unspecified atom stereocenters. The minimum Gasteiger partial charge on any atom is -0.268 e. The van der Waals surface area contributed by atoms with Crippen molar-refractivity contribution in [3.63, 3.8) is 0 Å². The van der Waals surface area contributed by atoms with E-state index < -0.39 is 9.84 Å². The Morgan fingerprint density at radius 3 is 2.21 bits per heavy atom. The van der Waals surface area contributed by atoms with Gasteiger partial charge in [-0.25, -0.2) is 17.5 Å². The van der Waals surface area contributed by atoms with Crippen molar-refractivity contribution in [3.05, 3.63) is 70.8 Å². The largest absolute Gasteiger partial charge is 0.268 e. The highest BCUT2D eigenvalue weighted by Crippen LogP contribution is 2.31. The molecule has 0 atom stereocenters. The van der Waals surface area contributed by atoms with Crippen molar-refractivity contribution in [2.45, 2.75) is 30.7 Å². The second-order valence-electron chi connectivity index (χ2n) is 7.53. The van der Waals surface area contributed by atoms with Crippen LogP contribution in [0.25, 0.3) is 22.4 Å². The molecule has 0 saturated heterocycles. The van der Waals surface area contributed by atoms with E-state index in [0.29, 0.717) is 34.8 Å². The number of nitrogens with zero attached hydrogens (tertiary/aromatic N) is 2. The van der Waals surface area contributed by atoms with Gasteiger partial charge in [-0.2, -0.15) is 5.10 Å². The molecule has 3 aromatic rings. The van der Waals surface area contributed by atoms with Crippen LogP contribution in [0.2, 0.25) is 0 Å². The highest BCUT2D eigenvalue weighted by molar-refractivity contribution is 7.90. The van der Waals surface area contributed by atoms with Crippen LogP contribution in [-0.2, 0) is 16.4 Å². The van der Waals surface area contributed by atoms with Gasteiger partial charge in [0.15, 0.2) is 9.84 Å². The summed E-state index contributed by atoms with van der Waals surface area (Å²) in [5.41, 5.74) is 2.32. The first kappa shape index (κ1) is 19.5. The van der Waals surface area contributed by atoms with Crippen molar-refractivity contribution in [1.29, 1.82) is 0 Å². The standard InChI is InChI=1S/C22H21FN2O3S/c1-29(27,28)19-11-7-16(8-12-19)20-13-21(26)25(14-15-3-2-4-15)24-22(20)17-5-9-18(23)10-6-17/h5-13,15H,2-4,14H2,1H3. The van der Waals surface area contributed by atoms with Crippen molar-refractivity contribution in [3.8, 4) is 22.4 Å². The SMILES string of the molecule is CS(=O)(=O)c1ccc(-c2cc(=O)n(CC3CCC3)nc2-c2ccc(F)cc2)cc1. The van der Waals surface area contributed by atoms with E-state index >= 15 is 0 Å². The van der Waals surface area contributed by atoms with Crippen LogP contribution in [0.3, 0.4) is 0 Å². The number of halogens is 1. The summed E-state index contributed by atoms with van der Waals surface area (Å²) in [5, 5.41) is 4.61. The van der Waals surface area contributed by atoms with E-state index in [9.17, 15) is 17.6 Å². The summed E-state index contributed by atoms with van der Waals surface area (Å²) in [6.07, 6.45) is 4.51. The van der Waals surface area contributed by atoms with Crippen LogP contribution in [-0.4, -0.2) is 24.5 Å². The van der Waals surface area contributed by atoms with E-state index in [1.54, 1.807) is 24.3 Å². The van der Waals surface area contributed by atoms with Gasteiger partial charge >= 0.3 is 0 Å². The third-order valence-corrected chi connectivity index (χ3v) is 6.49. The molecule has 1 fully saturated rings.